The zero-order chi connectivity index (χ0) is 13.9. The second-order valence-electron chi connectivity index (χ2n) is 4.88. The lowest BCUT2D eigenvalue weighted by atomic mass is 9.77. The van der Waals surface area contributed by atoms with E-state index >= 15 is 0 Å². The zero-order valence-corrected chi connectivity index (χ0v) is 10.8. The van der Waals surface area contributed by atoms with E-state index in [4.69, 9.17) is 14.6 Å². The van der Waals surface area contributed by atoms with E-state index in [2.05, 4.69) is 5.32 Å². The van der Waals surface area contributed by atoms with Gasteiger partial charge < -0.3 is 19.9 Å². The smallest absolute Gasteiger partial charge is 0.404 e. The Kier molecular flexibility index (Phi) is 3.78. The van der Waals surface area contributed by atoms with Crippen LogP contribution in [-0.2, 0) is 14.3 Å². The highest BCUT2D eigenvalue weighted by Crippen LogP contribution is 2.38. The fraction of sp³-hybridized carbons (Fsp3) is 0.538. The van der Waals surface area contributed by atoms with E-state index in [9.17, 15) is 9.59 Å². The standard InChI is InChI=1S/C13H17NO5/c1-13(11(15)3-2-6-14-12(16)17)5-4-9-10(7-13)19-8-18-9/h4-5,14H,2-3,6-8H2,1H3,(H,16,17). The lowest BCUT2D eigenvalue weighted by Gasteiger charge is -2.26. The third-order valence-electron chi connectivity index (χ3n) is 3.35. The van der Waals surface area contributed by atoms with Gasteiger partial charge in [0.1, 0.15) is 11.5 Å². The zero-order valence-electron chi connectivity index (χ0n) is 10.8. The van der Waals surface area contributed by atoms with Gasteiger partial charge >= 0.3 is 6.09 Å². The van der Waals surface area contributed by atoms with Crippen LogP contribution < -0.4 is 5.32 Å². The summed E-state index contributed by atoms with van der Waals surface area (Å²) in [4.78, 5) is 22.5. The Morgan fingerprint density at radius 1 is 1.47 bits per heavy atom. The van der Waals surface area contributed by atoms with E-state index < -0.39 is 11.5 Å². The summed E-state index contributed by atoms with van der Waals surface area (Å²) < 4.78 is 10.6. The van der Waals surface area contributed by atoms with Gasteiger partial charge in [-0.15, -0.1) is 0 Å². The fourth-order valence-electron chi connectivity index (χ4n) is 2.17. The SMILES string of the molecule is CC1(C(=O)CCCNC(=O)O)C=CC2=C(C1)OCO2. The number of amides is 1. The monoisotopic (exact) mass is 267 g/mol. The predicted molar refractivity (Wildman–Crippen MR) is 66.2 cm³/mol. The van der Waals surface area contributed by atoms with Crippen molar-refractivity contribution in [1.29, 1.82) is 0 Å². The number of carbonyl (C=O) groups is 2. The van der Waals surface area contributed by atoms with Crippen LogP contribution in [0.1, 0.15) is 26.2 Å². The van der Waals surface area contributed by atoms with Gasteiger partial charge in [-0.05, 0) is 19.4 Å². The number of allylic oxidation sites excluding steroid dienone is 3. The van der Waals surface area contributed by atoms with Gasteiger partial charge in [-0.2, -0.15) is 0 Å². The van der Waals surface area contributed by atoms with Gasteiger partial charge in [-0.25, -0.2) is 4.79 Å². The molecule has 19 heavy (non-hydrogen) atoms. The summed E-state index contributed by atoms with van der Waals surface area (Å²) >= 11 is 0. The number of rotatable bonds is 5. The first-order valence-electron chi connectivity index (χ1n) is 6.19. The number of carbonyl (C=O) groups excluding carboxylic acids is 1. The number of hydrogen-bond donors (Lipinski definition) is 2. The number of Topliss-reactive ketones (excluding diaryl/α,β-unsaturated/α-hetero) is 1. The molecule has 0 aromatic rings. The molecule has 1 unspecified atom stereocenters. The molecule has 104 valence electrons. The average Bonchev–Trinajstić information content (AvgIpc) is 2.81. The molecule has 0 saturated carbocycles. The predicted octanol–water partition coefficient (Wildman–Crippen LogP) is 1.79. The van der Waals surface area contributed by atoms with Crippen molar-refractivity contribution in [2.75, 3.05) is 13.3 Å². The van der Waals surface area contributed by atoms with Crippen LogP contribution in [0.3, 0.4) is 0 Å². The van der Waals surface area contributed by atoms with Crippen molar-refractivity contribution >= 4 is 11.9 Å². The van der Waals surface area contributed by atoms with Crippen LogP contribution in [0.4, 0.5) is 4.79 Å². The second-order valence-corrected chi connectivity index (χ2v) is 4.88. The van der Waals surface area contributed by atoms with Crippen LogP contribution in [0.5, 0.6) is 0 Å². The Bertz CT molecular complexity index is 454. The molecule has 2 rings (SSSR count). The Morgan fingerprint density at radius 2 is 2.26 bits per heavy atom. The molecule has 6 heteroatoms. The van der Waals surface area contributed by atoms with E-state index in [1.165, 1.54) is 0 Å². The van der Waals surface area contributed by atoms with Crippen LogP contribution >= 0.6 is 0 Å². The Hall–Kier alpha value is -1.98. The fourth-order valence-corrected chi connectivity index (χ4v) is 2.17. The van der Waals surface area contributed by atoms with Crippen LogP contribution in [0.15, 0.2) is 23.7 Å². The van der Waals surface area contributed by atoms with E-state index in [0.29, 0.717) is 25.0 Å². The van der Waals surface area contributed by atoms with Crippen molar-refractivity contribution in [3.63, 3.8) is 0 Å². The highest BCUT2D eigenvalue weighted by Gasteiger charge is 2.36. The molecule has 0 aromatic carbocycles. The van der Waals surface area contributed by atoms with Crippen molar-refractivity contribution in [1.82, 2.24) is 5.32 Å². The van der Waals surface area contributed by atoms with E-state index in [1.54, 1.807) is 6.08 Å². The maximum atomic E-state index is 12.2. The third kappa shape index (κ3) is 3.07. The minimum atomic E-state index is -1.07. The Balaban J connectivity index is 1.85. The molecular weight excluding hydrogens is 250 g/mol. The summed E-state index contributed by atoms with van der Waals surface area (Å²) in [6, 6.07) is 0. The molecule has 2 aliphatic rings. The maximum Gasteiger partial charge on any atom is 0.404 e. The largest absolute Gasteiger partial charge is 0.465 e. The minimum absolute atomic E-state index is 0.0815. The normalized spacial score (nSPS) is 24.5. The minimum Gasteiger partial charge on any atom is -0.465 e. The van der Waals surface area contributed by atoms with Crippen LogP contribution in [0.25, 0.3) is 0 Å². The molecule has 1 atom stereocenters. The molecule has 0 spiro atoms. The van der Waals surface area contributed by atoms with E-state index in [1.807, 2.05) is 13.0 Å². The van der Waals surface area contributed by atoms with Gasteiger partial charge in [0.15, 0.2) is 5.76 Å². The van der Waals surface area contributed by atoms with Crippen molar-refractivity contribution in [2.24, 2.45) is 5.41 Å². The Labute approximate surface area is 111 Å². The molecule has 0 aromatic heterocycles. The average molecular weight is 267 g/mol. The van der Waals surface area contributed by atoms with E-state index in [0.717, 1.165) is 5.76 Å². The molecule has 1 heterocycles. The summed E-state index contributed by atoms with van der Waals surface area (Å²) in [5.41, 5.74) is -0.588. The van der Waals surface area contributed by atoms with Crippen molar-refractivity contribution in [2.45, 2.75) is 26.2 Å². The second kappa shape index (κ2) is 5.34. The van der Waals surface area contributed by atoms with Gasteiger partial charge in [0.2, 0.25) is 6.79 Å². The highest BCUT2D eigenvalue weighted by molar-refractivity contribution is 5.87. The summed E-state index contributed by atoms with van der Waals surface area (Å²) in [6.45, 7) is 2.36. The summed E-state index contributed by atoms with van der Waals surface area (Å²) in [6.07, 6.45) is 3.89. The van der Waals surface area contributed by atoms with Crippen LogP contribution in [0.2, 0.25) is 0 Å². The van der Waals surface area contributed by atoms with Gasteiger partial charge in [0.05, 0.1) is 5.41 Å². The van der Waals surface area contributed by atoms with Crippen molar-refractivity contribution in [3.8, 4) is 0 Å². The van der Waals surface area contributed by atoms with Crippen LogP contribution in [-0.4, -0.2) is 30.3 Å². The van der Waals surface area contributed by atoms with Gasteiger partial charge in [-0.3, -0.25) is 4.79 Å². The molecule has 0 bridgehead atoms. The molecule has 0 saturated heterocycles. The first-order chi connectivity index (χ1) is 9.01. The number of nitrogens with one attached hydrogen (secondary N) is 1. The lowest BCUT2D eigenvalue weighted by Crippen LogP contribution is -2.29. The Morgan fingerprint density at radius 3 is 3.00 bits per heavy atom. The number of ether oxygens (including phenoxy) is 2. The van der Waals surface area contributed by atoms with E-state index in [-0.39, 0.29) is 19.1 Å². The maximum absolute atomic E-state index is 12.2. The van der Waals surface area contributed by atoms with Crippen LogP contribution in [0, 0.1) is 5.41 Å². The first kappa shape index (κ1) is 13.5. The molecule has 0 radical (unpaired) electrons. The highest BCUT2D eigenvalue weighted by atomic mass is 16.7. The third-order valence-corrected chi connectivity index (χ3v) is 3.35. The summed E-state index contributed by atoms with van der Waals surface area (Å²) in [7, 11) is 0. The summed E-state index contributed by atoms with van der Waals surface area (Å²) in [5.74, 6) is 1.51. The molecule has 0 fully saturated rings. The van der Waals surface area contributed by atoms with Gasteiger partial charge in [-0.1, -0.05) is 6.08 Å². The number of hydrogen-bond acceptors (Lipinski definition) is 4. The molecule has 6 nitrogen and oxygen atoms in total. The molecule has 1 aliphatic carbocycles. The van der Waals surface area contributed by atoms with Crippen molar-refractivity contribution < 1.29 is 24.2 Å². The molecule has 1 amide bonds. The van der Waals surface area contributed by atoms with Gasteiger partial charge in [0, 0.05) is 19.4 Å². The van der Waals surface area contributed by atoms with Crippen molar-refractivity contribution in [3.05, 3.63) is 23.7 Å². The molecule has 1 aliphatic heterocycles. The first-order valence-corrected chi connectivity index (χ1v) is 6.19. The topological polar surface area (TPSA) is 84.9 Å². The number of carboxylic acid groups (broad SMARTS) is 1. The molecular formula is C13H17NO5. The number of ketones is 1. The van der Waals surface area contributed by atoms with Gasteiger partial charge in [0.25, 0.3) is 0 Å². The quantitative estimate of drug-likeness (QED) is 0.742. The molecule has 2 N–H and O–H groups in total. The lowest BCUT2D eigenvalue weighted by molar-refractivity contribution is -0.126. The summed E-state index contributed by atoms with van der Waals surface area (Å²) in [5, 5.41) is 10.7.